The minimum Gasteiger partial charge on any atom is -0.497 e. The maximum absolute atomic E-state index is 12.4. The van der Waals surface area contributed by atoms with Gasteiger partial charge >= 0.3 is 0 Å². The minimum absolute atomic E-state index is 0.280. The molecule has 0 saturated carbocycles. The second-order valence-corrected chi connectivity index (χ2v) is 5.97. The molecule has 26 heavy (non-hydrogen) atoms. The monoisotopic (exact) mass is 348 g/mol. The van der Waals surface area contributed by atoms with Crippen molar-refractivity contribution >= 4 is 23.1 Å². The van der Waals surface area contributed by atoms with Crippen LogP contribution in [-0.2, 0) is 0 Å². The Bertz CT molecular complexity index is 903. The van der Waals surface area contributed by atoms with Gasteiger partial charge in [-0.2, -0.15) is 0 Å². The summed E-state index contributed by atoms with van der Waals surface area (Å²) in [6.07, 6.45) is 1.37. The van der Waals surface area contributed by atoms with Crippen LogP contribution >= 0.6 is 0 Å². The summed E-state index contributed by atoms with van der Waals surface area (Å²) in [5.74, 6) is 0.982. The van der Waals surface area contributed by atoms with Crippen molar-refractivity contribution in [2.75, 3.05) is 17.7 Å². The molecule has 132 valence electrons. The Morgan fingerprint density at radius 1 is 0.923 bits per heavy atom. The lowest BCUT2D eigenvalue weighted by atomic mass is 10.1. The lowest BCUT2D eigenvalue weighted by Gasteiger charge is -2.09. The lowest BCUT2D eigenvalue weighted by molar-refractivity contribution is 0.102. The number of rotatable bonds is 5. The summed E-state index contributed by atoms with van der Waals surface area (Å²) in [7, 11) is 1.60. The number of methoxy groups -OCH3 is 1. The third-order valence-electron chi connectivity index (χ3n) is 3.74. The highest BCUT2D eigenvalue weighted by molar-refractivity contribution is 6.03. The van der Waals surface area contributed by atoms with Gasteiger partial charge in [-0.1, -0.05) is 6.07 Å². The van der Waals surface area contributed by atoms with Crippen LogP contribution in [0, 0.1) is 13.8 Å². The highest BCUT2D eigenvalue weighted by Crippen LogP contribution is 2.19. The Hall–Kier alpha value is -3.41. The molecule has 6 heteroatoms. The largest absolute Gasteiger partial charge is 0.497 e. The molecule has 0 spiro atoms. The summed E-state index contributed by atoms with van der Waals surface area (Å²) in [5, 5.41) is 6.02. The fraction of sp³-hybridized carbons (Fsp3) is 0.150. The molecule has 0 fully saturated rings. The molecule has 0 aliphatic carbocycles. The SMILES string of the molecule is COc1ccc(NC(=O)c2cc(Nc3cc(C)cc(C)c3)ncn2)cc1. The minimum atomic E-state index is -0.305. The maximum Gasteiger partial charge on any atom is 0.274 e. The summed E-state index contributed by atoms with van der Waals surface area (Å²) in [6.45, 7) is 4.07. The van der Waals surface area contributed by atoms with Gasteiger partial charge in [0.15, 0.2) is 0 Å². The number of hydrogen-bond acceptors (Lipinski definition) is 5. The molecule has 0 aliphatic rings. The van der Waals surface area contributed by atoms with E-state index < -0.39 is 0 Å². The summed E-state index contributed by atoms with van der Waals surface area (Å²) < 4.78 is 5.11. The molecule has 0 radical (unpaired) electrons. The highest BCUT2D eigenvalue weighted by atomic mass is 16.5. The van der Waals surface area contributed by atoms with E-state index in [1.165, 1.54) is 6.33 Å². The first-order chi connectivity index (χ1) is 12.5. The maximum atomic E-state index is 12.4. The van der Waals surface area contributed by atoms with Crippen LogP contribution in [0.5, 0.6) is 5.75 Å². The van der Waals surface area contributed by atoms with E-state index >= 15 is 0 Å². The molecule has 6 nitrogen and oxygen atoms in total. The molecule has 2 aromatic carbocycles. The van der Waals surface area contributed by atoms with Gasteiger partial charge in [0.2, 0.25) is 0 Å². The second-order valence-electron chi connectivity index (χ2n) is 5.97. The summed E-state index contributed by atoms with van der Waals surface area (Å²) in [6, 6.07) is 14.9. The molecule has 2 N–H and O–H groups in total. The molecule has 3 rings (SSSR count). The van der Waals surface area contributed by atoms with E-state index in [4.69, 9.17) is 4.74 Å². The third-order valence-corrected chi connectivity index (χ3v) is 3.74. The van der Waals surface area contributed by atoms with Gasteiger partial charge in [0.1, 0.15) is 23.6 Å². The zero-order valence-corrected chi connectivity index (χ0v) is 14.9. The van der Waals surface area contributed by atoms with E-state index in [1.54, 1.807) is 37.4 Å². The number of aryl methyl sites for hydroxylation is 2. The predicted octanol–water partition coefficient (Wildman–Crippen LogP) is 4.10. The van der Waals surface area contributed by atoms with Crippen molar-refractivity contribution in [2.24, 2.45) is 0 Å². The van der Waals surface area contributed by atoms with Crippen LogP contribution in [0.25, 0.3) is 0 Å². The Balaban J connectivity index is 1.74. The van der Waals surface area contributed by atoms with Crippen LogP contribution in [0.1, 0.15) is 21.6 Å². The molecule has 0 aliphatic heterocycles. The highest BCUT2D eigenvalue weighted by Gasteiger charge is 2.10. The fourth-order valence-electron chi connectivity index (χ4n) is 2.61. The van der Waals surface area contributed by atoms with Crippen molar-refractivity contribution in [2.45, 2.75) is 13.8 Å². The molecule has 1 aromatic heterocycles. The van der Waals surface area contributed by atoms with E-state index in [0.717, 1.165) is 22.6 Å². The van der Waals surface area contributed by atoms with Gasteiger partial charge in [0.25, 0.3) is 5.91 Å². The molecular formula is C20H20N4O2. The van der Waals surface area contributed by atoms with Crippen molar-refractivity contribution in [1.29, 1.82) is 0 Å². The fourth-order valence-corrected chi connectivity index (χ4v) is 2.61. The first kappa shape index (κ1) is 17.4. The normalized spacial score (nSPS) is 10.3. The standard InChI is InChI=1S/C20H20N4O2/c1-13-8-14(2)10-16(9-13)23-19-11-18(21-12-22-19)20(25)24-15-4-6-17(26-3)7-5-15/h4-12H,1-3H3,(H,24,25)(H,21,22,23). The third kappa shape index (κ3) is 4.36. The van der Waals surface area contributed by atoms with E-state index in [9.17, 15) is 4.79 Å². The van der Waals surface area contributed by atoms with Crippen LogP contribution in [-0.4, -0.2) is 23.0 Å². The molecule has 3 aromatic rings. The smallest absolute Gasteiger partial charge is 0.274 e. The zero-order valence-electron chi connectivity index (χ0n) is 14.9. The first-order valence-corrected chi connectivity index (χ1v) is 8.16. The molecule has 1 heterocycles. The number of benzene rings is 2. The number of anilines is 3. The Labute approximate surface area is 152 Å². The number of nitrogens with one attached hydrogen (secondary N) is 2. The Morgan fingerprint density at radius 3 is 2.27 bits per heavy atom. The van der Waals surface area contributed by atoms with Crippen molar-refractivity contribution in [1.82, 2.24) is 9.97 Å². The van der Waals surface area contributed by atoms with E-state index in [0.29, 0.717) is 11.5 Å². The molecule has 0 unspecified atom stereocenters. The predicted molar refractivity (Wildman–Crippen MR) is 102 cm³/mol. The van der Waals surface area contributed by atoms with Gasteiger partial charge in [-0.05, 0) is 61.4 Å². The van der Waals surface area contributed by atoms with Crippen molar-refractivity contribution in [3.8, 4) is 5.75 Å². The zero-order chi connectivity index (χ0) is 18.5. The quantitative estimate of drug-likeness (QED) is 0.726. The second kappa shape index (κ2) is 7.65. The summed E-state index contributed by atoms with van der Waals surface area (Å²) in [4.78, 5) is 20.7. The van der Waals surface area contributed by atoms with E-state index in [-0.39, 0.29) is 11.6 Å². The lowest BCUT2D eigenvalue weighted by Crippen LogP contribution is -2.14. The number of aromatic nitrogens is 2. The summed E-state index contributed by atoms with van der Waals surface area (Å²) in [5.41, 5.74) is 4.17. The molecule has 1 amide bonds. The topological polar surface area (TPSA) is 76.1 Å². The van der Waals surface area contributed by atoms with Crippen LogP contribution in [0.4, 0.5) is 17.2 Å². The van der Waals surface area contributed by atoms with Crippen LogP contribution < -0.4 is 15.4 Å². The van der Waals surface area contributed by atoms with Crippen molar-refractivity contribution in [3.63, 3.8) is 0 Å². The average Bonchev–Trinajstić information content (AvgIpc) is 2.61. The van der Waals surface area contributed by atoms with Gasteiger partial charge in [-0.3, -0.25) is 4.79 Å². The average molecular weight is 348 g/mol. The van der Waals surface area contributed by atoms with Crippen molar-refractivity contribution in [3.05, 3.63) is 71.7 Å². The number of carbonyl (C=O) groups is 1. The van der Waals surface area contributed by atoms with E-state index in [2.05, 4.69) is 26.7 Å². The van der Waals surface area contributed by atoms with Gasteiger partial charge in [-0.15, -0.1) is 0 Å². The molecule has 0 saturated heterocycles. The number of ether oxygens (including phenoxy) is 1. The first-order valence-electron chi connectivity index (χ1n) is 8.16. The number of carbonyl (C=O) groups excluding carboxylic acids is 1. The van der Waals surface area contributed by atoms with Gasteiger partial charge in [0.05, 0.1) is 7.11 Å². The number of hydrogen-bond donors (Lipinski definition) is 2. The van der Waals surface area contributed by atoms with Crippen LogP contribution in [0.15, 0.2) is 54.9 Å². The number of amides is 1. The van der Waals surface area contributed by atoms with Gasteiger partial charge < -0.3 is 15.4 Å². The van der Waals surface area contributed by atoms with Crippen molar-refractivity contribution < 1.29 is 9.53 Å². The van der Waals surface area contributed by atoms with E-state index in [1.807, 2.05) is 26.0 Å². The summed E-state index contributed by atoms with van der Waals surface area (Å²) >= 11 is 0. The van der Waals surface area contributed by atoms with Gasteiger partial charge in [-0.25, -0.2) is 9.97 Å². The Kier molecular flexibility index (Phi) is 5.12. The molecule has 0 bridgehead atoms. The Morgan fingerprint density at radius 2 is 1.62 bits per heavy atom. The van der Waals surface area contributed by atoms with Crippen LogP contribution in [0.2, 0.25) is 0 Å². The number of nitrogens with zero attached hydrogens (tertiary/aromatic N) is 2. The van der Waals surface area contributed by atoms with Crippen LogP contribution in [0.3, 0.4) is 0 Å². The molecule has 0 atom stereocenters. The molecular weight excluding hydrogens is 328 g/mol. The van der Waals surface area contributed by atoms with Gasteiger partial charge in [0, 0.05) is 17.4 Å².